The summed E-state index contributed by atoms with van der Waals surface area (Å²) in [6.45, 7) is 3.66. The number of allylic oxidation sites excluding steroid dienone is 5. The predicted octanol–water partition coefficient (Wildman–Crippen LogP) is 2.99. The molecule has 9 heteroatoms. The Bertz CT molecular complexity index is 1280. The summed E-state index contributed by atoms with van der Waals surface area (Å²) >= 11 is 1.20. The largest absolute Gasteiger partial charge is 0.493 e. The first-order chi connectivity index (χ1) is 14.0. The third kappa shape index (κ3) is 3.32. The van der Waals surface area contributed by atoms with Crippen molar-refractivity contribution in [2.45, 2.75) is 6.42 Å². The van der Waals surface area contributed by atoms with Gasteiger partial charge in [0, 0.05) is 5.57 Å². The molecule has 0 fully saturated rings. The van der Waals surface area contributed by atoms with Crippen LogP contribution in [0, 0.1) is 0 Å². The van der Waals surface area contributed by atoms with E-state index >= 15 is 0 Å². The second-order valence-electron chi connectivity index (χ2n) is 6.14. The van der Waals surface area contributed by atoms with Crippen LogP contribution in [-0.4, -0.2) is 27.5 Å². The van der Waals surface area contributed by atoms with Crippen LogP contribution in [0.15, 0.2) is 69.3 Å². The lowest BCUT2D eigenvalue weighted by atomic mass is 9.95. The summed E-state index contributed by atoms with van der Waals surface area (Å²) in [7, 11) is 1.42. The van der Waals surface area contributed by atoms with Gasteiger partial charge in [-0.3, -0.25) is 9.59 Å². The molecule has 3 aromatic heterocycles. The quantitative estimate of drug-likeness (QED) is 0.646. The summed E-state index contributed by atoms with van der Waals surface area (Å²) < 4.78 is 11.9. The summed E-state index contributed by atoms with van der Waals surface area (Å²) in [5.41, 5.74) is 7.00. The lowest BCUT2D eigenvalue weighted by molar-refractivity contribution is -0.115. The molecule has 0 saturated heterocycles. The van der Waals surface area contributed by atoms with Crippen LogP contribution in [-0.2, 0) is 9.53 Å². The van der Waals surface area contributed by atoms with E-state index in [1.165, 1.54) is 29.2 Å². The fourth-order valence-corrected chi connectivity index (χ4v) is 3.78. The normalized spacial score (nSPS) is 15.5. The summed E-state index contributed by atoms with van der Waals surface area (Å²) in [6.07, 6.45) is 8.34. The van der Waals surface area contributed by atoms with Crippen molar-refractivity contribution in [3.05, 3.63) is 76.0 Å². The maximum Gasteiger partial charge on any atom is 0.283 e. The topological polar surface area (TPSA) is 113 Å². The maximum absolute atomic E-state index is 12.6. The van der Waals surface area contributed by atoms with Gasteiger partial charge in [0.25, 0.3) is 5.56 Å². The van der Waals surface area contributed by atoms with E-state index in [1.54, 1.807) is 36.4 Å². The standard InChI is InChI=1S/C20H16N4O4S/c1-3-5-12-8-11(10-15(27-2)16(12)25)9-13-17(21)24-20(22-18(13)26)29-19(23-24)14-6-4-7-28-14/h3-4,6-10H,1,5,21H2,2H3/b11-9+. The van der Waals surface area contributed by atoms with Gasteiger partial charge in [0.05, 0.1) is 18.9 Å². The fraction of sp³-hybridized carbons (Fsp3) is 0.100. The number of rotatable bonds is 5. The van der Waals surface area contributed by atoms with Crippen LogP contribution in [0.5, 0.6) is 0 Å². The Morgan fingerprint density at radius 3 is 2.90 bits per heavy atom. The molecular formula is C20H16N4O4S. The van der Waals surface area contributed by atoms with E-state index in [2.05, 4.69) is 16.7 Å². The molecule has 0 aromatic carbocycles. The van der Waals surface area contributed by atoms with Crippen molar-refractivity contribution >= 4 is 34.0 Å². The van der Waals surface area contributed by atoms with Crippen LogP contribution in [0.3, 0.4) is 0 Å². The van der Waals surface area contributed by atoms with E-state index < -0.39 is 5.56 Å². The minimum absolute atomic E-state index is 0.143. The number of carbonyl (C=O) groups excluding carboxylic acids is 1. The zero-order valence-electron chi connectivity index (χ0n) is 15.4. The lowest BCUT2D eigenvalue weighted by Gasteiger charge is -2.14. The zero-order chi connectivity index (χ0) is 20.5. The number of anilines is 1. The van der Waals surface area contributed by atoms with E-state index in [0.29, 0.717) is 33.3 Å². The van der Waals surface area contributed by atoms with E-state index in [4.69, 9.17) is 14.9 Å². The Balaban J connectivity index is 1.85. The monoisotopic (exact) mass is 408 g/mol. The van der Waals surface area contributed by atoms with Gasteiger partial charge in [-0.2, -0.15) is 9.50 Å². The number of nitrogen functional groups attached to an aromatic ring is 1. The zero-order valence-corrected chi connectivity index (χ0v) is 16.2. The highest BCUT2D eigenvalue weighted by molar-refractivity contribution is 7.19. The molecule has 0 spiro atoms. The van der Waals surface area contributed by atoms with Gasteiger partial charge in [0.2, 0.25) is 10.7 Å². The van der Waals surface area contributed by atoms with Crippen LogP contribution in [0.2, 0.25) is 0 Å². The average Bonchev–Trinajstić information content (AvgIpc) is 3.37. The highest BCUT2D eigenvalue weighted by Crippen LogP contribution is 2.28. The van der Waals surface area contributed by atoms with Crippen LogP contribution in [0.1, 0.15) is 12.0 Å². The Labute approximate surface area is 168 Å². The molecule has 0 aliphatic heterocycles. The predicted molar refractivity (Wildman–Crippen MR) is 110 cm³/mol. The van der Waals surface area contributed by atoms with E-state index in [9.17, 15) is 9.59 Å². The molecule has 29 heavy (non-hydrogen) atoms. The third-order valence-corrected chi connectivity index (χ3v) is 5.20. The van der Waals surface area contributed by atoms with Crippen molar-refractivity contribution in [2.75, 3.05) is 12.8 Å². The summed E-state index contributed by atoms with van der Waals surface area (Å²) in [5.74, 6) is 0.662. The molecular weight excluding hydrogens is 392 g/mol. The molecule has 2 N–H and O–H groups in total. The number of furan rings is 1. The molecule has 0 saturated carbocycles. The molecule has 4 rings (SSSR count). The van der Waals surface area contributed by atoms with E-state index in [0.717, 1.165) is 0 Å². The number of methoxy groups -OCH3 is 1. The van der Waals surface area contributed by atoms with Gasteiger partial charge < -0.3 is 14.9 Å². The molecule has 3 heterocycles. The van der Waals surface area contributed by atoms with Crippen LogP contribution < -0.4 is 11.3 Å². The molecule has 0 unspecified atom stereocenters. The first-order valence-corrected chi connectivity index (χ1v) is 9.40. The lowest BCUT2D eigenvalue weighted by Crippen LogP contribution is -2.17. The van der Waals surface area contributed by atoms with Crippen LogP contribution in [0.4, 0.5) is 5.82 Å². The number of nitrogens with zero attached hydrogens (tertiary/aromatic N) is 3. The highest BCUT2D eigenvalue weighted by Gasteiger charge is 2.21. The minimum Gasteiger partial charge on any atom is -0.493 e. The number of Topliss-reactive ketones (excluding diaryl/α,β-unsaturated/α-hetero) is 1. The Hall–Kier alpha value is -3.72. The average molecular weight is 408 g/mol. The Kier molecular flexibility index (Phi) is 4.73. The molecule has 1 aliphatic carbocycles. The summed E-state index contributed by atoms with van der Waals surface area (Å²) in [5, 5.41) is 4.95. The number of aromatic nitrogens is 3. The molecule has 0 radical (unpaired) electrons. The smallest absolute Gasteiger partial charge is 0.283 e. The Morgan fingerprint density at radius 2 is 2.21 bits per heavy atom. The molecule has 0 atom stereocenters. The van der Waals surface area contributed by atoms with Gasteiger partial charge in [-0.05, 0) is 42.4 Å². The highest BCUT2D eigenvalue weighted by atomic mass is 32.1. The number of carbonyl (C=O) groups is 1. The molecule has 8 nitrogen and oxygen atoms in total. The first kappa shape index (κ1) is 18.6. The van der Waals surface area contributed by atoms with Gasteiger partial charge in [-0.25, -0.2) is 0 Å². The van der Waals surface area contributed by atoms with Gasteiger partial charge in [-0.15, -0.1) is 11.7 Å². The molecule has 0 bridgehead atoms. The van der Waals surface area contributed by atoms with Crippen molar-refractivity contribution in [3.63, 3.8) is 0 Å². The molecule has 0 amide bonds. The third-order valence-electron chi connectivity index (χ3n) is 4.27. The van der Waals surface area contributed by atoms with Crippen molar-refractivity contribution in [3.8, 4) is 10.8 Å². The van der Waals surface area contributed by atoms with Crippen molar-refractivity contribution in [2.24, 2.45) is 0 Å². The van der Waals surface area contributed by atoms with Gasteiger partial charge in [0.1, 0.15) is 5.82 Å². The van der Waals surface area contributed by atoms with Crippen molar-refractivity contribution in [1.82, 2.24) is 14.6 Å². The molecule has 1 aliphatic rings. The van der Waals surface area contributed by atoms with Gasteiger partial charge in [-0.1, -0.05) is 17.4 Å². The van der Waals surface area contributed by atoms with Gasteiger partial charge in [0.15, 0.2) is 16.5 Å². The Morgan fingerprint density at radius 1 is 1.38 bits per heavy atom. The number of fused-ring (bicyclic) bond motifs is 1. The molecule has 146 valence electrons. The maximum atomic E-state index is 12.6. The number of ketones is 1. The molecule has 3 aromatic rings. The summed E-state index contributed by atoms with van der Waals surface area (Å²) in [6, 6.07) is 3.51. The van der Waals surface area contributed by atoms with E-state index in [1.807, 2.05) is 0 Å². The van der Waals surface area contributed by atoms with E-state index in [-0.39, 0.29) is 22.9 Å². The van der Waals surface area contributed by atoms with Gasteiger partial charge >= 0.3 is 0 Å². The van der Waals surface area contributed by atoms with Crippen molar-refractivity contribution < 1.29 is 13.9 Å². The summed E-state index contributed by atoms with van der Waals surface area (Å²) in [4.78, 5) is 29.3. The second kappa shape index (κ2) is 7.36. The van der Waals surface area contributed by atoms with Crippen LogP contribution >= 0.6 is 11.3 Å². The number of hydrogen-bond acceptors (Lipinski definition) is 8. The SMILES string of the molecule is C=CCC1=C/C(=C\c2c(N)n3nc(-c4ccco4)sc3nc2=O)C=C(OC)C1=O. The number of ether oxygens (including phenoxy) is 1. The minimum atomic E-state index is -0.493. The first-order valence-electron chi connectivity index (χ1n) is 8.58. The van der Waals surface area contributed by atoms with Crippen LogP contribution in [0.25, 0.3) is 21.8 Å². The second-order valence-corrected chi connectivity index (χ2v) is 7.10. The fourth-order valence-electron chi connectivity index (χ4n) is 2.91. The number of nitrogens with two attached hydrogens (primary N) is 1. The van der Waals surface area contributed by atoms with Crippen molar-refractivity contribution in [1.29, 1.82) is 0 Å². The number of hydrogen-bond donors (Lipinski definition) is 1.